The number of benzene rings is 2. The van der Waals surface area contributed by atoms with Crippen LogP contribution in [0.2, 0.25) is 5.02 Å². The van der Waals surface area contributed by atoms with Gasteiger partial charge in [0, 0.05) is 13.1 Å². The number of para-hydroxylation sites is 2. The van der Waals surface area contributed by atoms with Gasteiger partial charge in [-0.1, -0.05) is 47.6 Å². The van der Waals surface area contributed by atoms with Crippen LogP contribution in [-0.2, 0) is 9.53 Å². The predicted octanol–water partition coefficient (Wildman–Crippen LogP) is 2.99. The Kier molecular flexibility index (Phi) is 5.66. The molecule has 1 aromatic heterocycles. The van der Waals surface area contributed by atoms with Crippen LogP contribution in [0.1, 0.15) is 0 Å². The molecule has 1 aliphatic rings. The molecule has 0 unspecified atom stereocenters. The molecule has 2 heterocycles. The number of ether oxygens (including phenoxy) is 1. The van der Waals surface area contributed by atoms with Crippen LogP contribution >= 0.6 is 23.4 Å². The topological polar surface area (TPSA) is 64.4 Å². The van der Waals surface area contributed by atoms with Crippen LogP contribution in [0.25, 0.3) is 16.6 Å². The molecule has 0 saturated carbocycles. The van der Waals surface area contributed by atoms with Crippen molar-refractivity contribution in [1.82, 2.24) is 14.5 Å². The minimum Gasteiger partial charge on any atom is -0.378 e. The number of rotatable bonds is 4. The summed E-state index contributed by atoms with van der Waals surface area (Å²) in [7, 11) is 0. The molecular formula is C20H18ClN3O3S. The molecule has 4 rings (SSSR count). The van der Waals surface area contributed by atoms with Crippen molar-refractivity contribution in [3.05, 3.63) is 63.9 Å². The molecular weight excluding hydrogens is 398 g/mol. The first-order valence-electron chi connectivity index (χ1n) is 8.90. The van der Waals surface area contributed by atoms with Gasteiger partial charge in [-0.3, -0.25) is 14.2 Å². The van der Waals surface area contributed by atoms with Gasteiger partial charge in [0.25, 0.3) is 5.56 Å². The Bertz CT molecular complexity index is 1080. The lowest BCUT2D eigenvalue weighted by molar-refractivity contribution is -0.132. The van der Waals surface area contributed by atoms with Crippen LogP contribution in [0.4, 0.5) is 0 Å². The summed E-state index contributed by atoms with van der Waals surface area (Å²) in [5.41, 5.74) is 0.936. The summed E-state index contributed by atoms with van der Waals surface area (Å²) in [5, 5.41) is 1.40. The second-order valence-corrected chi connectivity index (χ2v) is 7.64. The van der Waals surface area contributed by atoms with Crippen LogP contribution < -0.4 is 5.56 Å². The van der Waals surface area contributed by atoms with E-state index in [-0.39, 0.29) is 17.2 Å². The minimum absolute atomic E-state index is 0.00131. The molecule has 0 spiro atoms. The summed E-state index contributed by atoms with van der Waals surface area (Å²) in [6.07, 6.45) is 0. The summed E-state index contributed by atoms with van der Waals surface area (Å²) in [6, 6.07) is 14.3. The second-order valence-electron chi connectivity index (χ2n) is 6.29. The molecule has 144 valence electrons. The van der Waals surface area contributed by atoms with Gasteiger partial charge < -0.3 is 9.64 Å². The number of hydrogen-bond acceptors (Lipinski definition) is 5. The Balaban J connectivity index is 1.74. The number of carbonyl (C=O) groups is 1. The largest absolute Gasteiger partial charge is 0.378 e. The molecule has 1 amide bonds. The molecule has 2 aromatic carbocycles. The lowest BCUT2D eigenvalue weighted by Gasteiger charge is -2.26. The summed E-state index contributed by atoms with van der Waals surface area (Å²) < 4.78 is 6.78. The van der Waals surface area contributed by atoms with Crippen molar-refractivity contribution in [3.8, 4) is 5.69 Å². The molecule has 6 nitrogen and oxygen atoms in total. The van der Waals surface area contributed by atoms with Crippen LogP contribution in [0.3, 0.4) is 0 Å². The van der Waals surface area contributed by atoms with E-state index in [0.717, 1.165) is 0 Å². The molecule has 28 heavy (non-hydrogen) atoms. The van der Waals surface area contributed by atoms with E-state index in [1.807, 2.05) is 12.1 Å². The van der Waals surface area contributed by atoms with E-state index in [2.05, 4.69) is 4.98 Å². The van der Waals surface area contributed by atoms with Crippen molar-refractivity contribution in [1.29, 1.82) is 0 Å². The lowest BCUT2D eigenvalue weighted by atomic mass is 10.2. The SMILES string of the molecule is O=C(CSc1nc2ccccc2c(=O)n1-c1ccccc1Cl)N1CCOCC1. The number of thioether (sulfide) groups is 1. The maximum absolute atomic E-state index is 13.2. The molecule has 0 atom stereocenters. The Morgan fingerprint density at radius 2 is 1.82 bits per heavy atom. The van der Waals surface area contributed by atoms with E-state index < -0.39 is 0 Å². The molecule has 8 heteroatoms. The monoisotopic (exact) mass is 415 g/mol. The highest BCUT2D eigenvalue weighted by molar-refractivity contribution is 7.99. The quantitative estimate of drug-likeness (QED) is 0.484. The number of amides is 1. The number of halogens is 1. The van der Waals surface area contributed by atoms with Gasteiger partial charge in [-0.05, 0) is 24.3 Å². The van der Waals surface area contributed by atoms with Gasteiger partial charge >= 0.3 is 0 Å². The predicted molar refractivity (Wildman–Crippen MR) is 110 cm³/mol. The van der Waals surface area contributed by atoms with E-state index in [4.69, 9.17) is 16.3 Å². The maximum Gasteiger partial charge on any atom is 0.266 e. The number of hydrogen-bond donors (Lipinski definition) is 0. The smallest absolute Gasteiger partial charge is 0.266 e. The number of morpholine rings is 1. The number of carbonyl (C=O) groups excluding carboxylic acids is 1. The van der Waals surface area contributed by atoms with Crippen molar-refractivity contribution < 1.29 is 9.53 Å². The second kappa shape index (κ2) is 8.34. The van der Waals surface area contributed by atoms with E-state index in [0.29, 0.717) is 53.1 Å². The molecule has 0 radical (unpaired) electrons. The van der Waals surface area contributed by atoms with Gasteiger partial charge in [0.05, 0.1) is 40.6 Å². The Morgan fingerprint density at radius 3 is 2.61 bits per heavy atom. The summed E-state index contributed by atoms with van der Waals surface area (Å²) >= 11 is 7.60. The van der Waals surface area contributed by atoms with Crippen molar-refractivity contribution in [2.45, 2.75) is 5.16 Å². The molecule has 1 saturated heterocycles. The van der Waals surface area contributed by atoms with Crippen LogP contribution in [0, 0.1) is 0 Å². The fourth-order valence-electron chi connectivity index (χ4n) is 3.09. The Hall–Kier alpha value is -2.35. The van der Waals surface area contributed by atoms with Crippen molar-refractivity contribution >= 4 is 40.2 Å². The van der Waals surface area contributed by atoms with Crippen LogP contribution in [-0.4, -0.2) is 52.4 Å². The number of nitrogens with zero attached hydrogens (tertiary/aromatic N) is 3. The minimum atomic E-state index is -0.208. The molecule has 0 N–H and O–H groups in total. The van der Waals surface area contributed by atoms with E-state index in [9.17, 15) is 9.59 Å². The third kappa shape index (κ3) is 3.78. The van der Waals surface area contributed by atoms with Gasteiger partial charge in [-0.15, -0.1) is 0 Å². The zero-order chi connectivity index (χ0) is 19.5. The highest BCUT2D eigenvalue weighted by atomic mass is 35.5. The summed E-state index contributed by atoms with van der Waals surface area (Å²) in [6.45, 7) is 2.27. The highest BCUT2D eigenvalue weighted by Gasteiger charge is 2.20. The first-order chi connectivity index (χ1) is 13.6. The van der Waals surface area contributed by atoms with E-state index >= 15 is 0 Å². The highest BCUT2D eigenvalue weighted by Crippen LogP contribution is 2.25. The zero-order valence-electron chi connectivity index (χ0n) is 15.0. The molecule has 3 aromatic rings. The first-order valence-corrected chi connectivity index (χ1v) is 10.3. The maximum atomic E-state index is 13.2. The Labute approximate surface area is 171 Å². The molecule has 0 aliphatic carbocycles. The van der Waals surface area contributed by atoms with Crippen molar-refractivity contribution in [3.63, 3.8) is 0 Å². The fourth-order valence-corrected chi connectivity index (χ4v) is 4.21. The third-order valence-electron chi connectivity index (χ3n) is 4.53. The van der Waals surface area contributed by atoms with Gasteiger partial charge in [-0.25, -0.2) is 4.98 Å². The molecule has 1 fully saturated rings. The normalized spacial score (nSPS) is 14.4. The van der Waals surface area contributed by atoms with E-state index in [1.54, 1.807) is 41.3 Å². The van der Waals surface area contributed by atoms with Gasteiger partial charge in [-0.2, -0.15) is 0 Å². The van der Waals surface area contributed by atoms with Crippen LogP contribution in [0.15, 0.2) is 58.5 Å². The first kappa shape index (κ1) is 19.0. The summed E-state index contributed by atoms with van der Waals surface area (Å²) in [5.74, 6) is 0.191. The zero-order valence-corrected chi connectivity index (χ0v) is 16.6. The number of fused-ring (bicyclic) bond motifs is 1. The molecule has 0 bridgehead atoms. The van der Waals surface area contributed by atoms with Crippen LogP contribution in [0.5, 0.6) is 0 Å². The van der Waals surface area contributed by atoms with Crippen molar-refractivity contribution in [2.24, 2.45) is 0 Å². The summed E-state index contributed by atoms with van der Waals surface area (Å²) in [4.78, 5) is 32.1. The fraction of sp³-hybridized carbons (Fsp3) is 0.250. The molecule has 1 aliphatic heterocycles. The number of aromatic nitrogens is 2. The lowest BCUT2D eigenvalue weighted by Crippen LogP contribution is -2.41. The Morgan fingerprint density at radius 1 is 1.11 bits per heavy atom. The van der Waals surface area contributed by atoms with Gasteiger partial charge in [0.1, 0.15) is 0 Å². The van der Waals surface area contributed by atoms with Gasteiger partial charge in [0.15, 0.2) is 5.16 Å². The average Bonchev–Trinajstić information content (AvgIpc) is 2.73. The van der Waals surface area contributed by atoms with E-state index in [1.165, 1.54) is 16.3 Å². The third-order valence-corrected chi connectivity index (χ3v) is 5.77. The van der Waals surface area contributed by atoms with Gasteiger partial charge in [0.2, 0.25) is 5.91 Å². The standard InChI is InChI=1S/C20H18ClN3O3S/c21-15-6-2-4-8-17(15)24-19(26)14-5-1-3-7-16(14)22-20(24)28-13-18(25)23-9-11-27-12-10-23/h1-8H,9-13H2. The average molecular weight is 416 g/mol. The van der Waals surface area contributed by atoms with Crippen molar-refractivity contribution in [2.75, 3.05) is 32.1 Å².